The topological polar surface area (TPSA) is 52.4 Å². The molecule has 1 aromatic carbocycles. The van der Waals surface area contributed by atoms with Gasteiger partial charge in [0, 0.05) is 6.07 Å². The molecule has 1 aromatic rings. The van der Waals surface area contributed by atoms with Crippen molar-refractivity contribution < 1.29 is 14.1 Å². The number of hydrogen-bond acceptors (Lipinski definition) is 3. The van der Waals surface area contributed by atoms with Crippen molar-refractivity contribution in [3.8, 4) is 5.75 Å². The molecule has 0 aromatic heterocycles. The highest BCUT2D eigenvalue weighted by Gasteiger charge is 2.16. The van der Waals surface area contributed by atoms with E-state index in [0.29, 0.717) is 5.56 Å². The Kier molecular flexibility index (Phi) is 2.46. The van der Waals surface area contributed by atoms with Crippen molar-refractivity contribution in [2.24, 2.45) is 0 Å². The molecule has 0 saturated carbocycles. The summed E-state index contributed by atoms with van der Waals surface area (Å²) >= 11 is 0. The van der Waals surface area contributed by atoms with E-state index >= 15 is 0 Å². The Morgan fingerprint density at radius 1 is 1.54 bits per heavy atom. The number of nitrogens with zero attached hydrogens (tertiary/aromatic N) is 1. The predicted octanol–water partition coefficient (Wildman–Crippen LogP) is 2.05. The number of methoxy groups -OCH3 is 1. The summed E-state index contributed by atoms with van der Waals surface area (Å²) in [5, 5.41) is 10.4. The van der Waals surface area contributed by atoms with Gasteiger partial charge in [-0.3, -0.25) is 10.1 Å². The van der Waals surface area contributed by atoms with Crippen LogP contribution >= 0.6 is 0 Å². The first-order valence-corrected chi connectivity index (χ1v) is 3.54. The SMILES string of the molecule is COc1cc(F)cc([N+](=O)[O-])c1C. The minimum absolute atomic E-state index is 0.187. The Labute approximate surface area is 74.1 Å². The molecule has 0 fully saturated rings. The third kappa shape index (κ3) is 1.74. The highest BCUT2D eigenvalue weighted by atomic mass is 19.1. The number of hydrogen-bond donors (Lipinski definition) is 0. The van der Waals surface area contributed by atoms with Gasteiger partial charge in [-0.15, -0.1) is 0 Å². The van der Waals surface area contributed by atoms with Crippen LogP contribution in [0, 0.1) is 22.9 Å². The zero-order valence-corrected chi connectivity index (χ0v) is 7.20. The van der Waals surface area contributed by atoms with E-state index in [0.717, 1.165) is 12.1 Å². The molecule has 13 heavy (non-hydrogen) atoms. The highest BCUT2D eigenvalue weighted by molar-refractivity contribution is 5.48. The quantitative estimate of drug-likeness (QED) is 0.523. The predicted molar refractivity (Wildman–Crippen MR) is 44.3 cm³/mol. The molecule has 0 aliphatic rings. The summed E-state index contributed by atoms with van der Waals surface area (Å²) in [6, 6.07) is 1.99. The first-order chi connectivity index (χ1) is 6.06. The molecule has 0 spiro atoms. The Hall–Kier alpha value is -1.65. The molecule has 0 saturated heterocycles. The summed E-state index contributed by atoms with van der Waals surface area (Å²) in [5.74, 6) is -0.485. The van der Waals surface area contributed by atoms with E-state index in [4.69, 9.17) is 4.74 Å². The lowest BCUT2D eigenvalue weighted by atomic mass is 10.2. The number of halogens is 1. The van der Waals surface area contributed by atoms with Crippen molar-refractivity contribution in [1.82, 2.24) is 0 Å². The van der Waals surface area contributed by atoms with Gasteiger partial charge in [0.2, 0.25) is 0 Å². The third-order valence-electron chi connectivity index (χ3n) is 1.71. The minimum Gasteiger partial charge on any atom is -0.496 e. The Balaban J connectivity index is 3.35. The normalized spacial score (nSPS) is 9.77. The standard InChI is InChI=1S/C8H8FNO3/c1-5-7(10(11)12)3-6(9)4-8(5)13-2/h3-4H,1-2H3. The lowest BCUT2D eigenvalue weighted by Gasteiger charge is -2.04. The van der Waals surface area contributed by atoms with Gasteiger partial charge in [-0.05, 0) is 6.92 Å². The molecule has 0 aliphatic heterocycles. The number of benzene rings is 1. The van der Waals surface area contributed by atoms with Crippen molar-refractivity contribution in [1.29, 1.82) is 0 Å². The molecule has 0 N–H and O–H groups in total. The summed E-state index contributed by atoms with van der Waals surface area (Å²) in [4.78, 5) is 9.79. The van der Waals surface area contributed by atoms with Gasteiger partial charge in [0.05, 0.1) is 23.7 Å². The summed E-state index contributed by atoms with van der Waals surface area (Å²) in [6.45, 7) is 1.51. The van der Waals surface area contributed by atoms with Crippen LogP contribution in [0.2, 0.25) is 0 Å². The Morgan fingerprint density at radius 2 is 2.15 bits per heavy atom. The fourth-order valence-corrected chi connectivity index (χ4v) is 1.04. The van der Waals surface area contributed by atoms with Crippen LogP contribution in [0.4, 0.5) is 10.1 Å². The van der Waals surface area contributed by atoms with Crippen LogP contribution in [0.15, 0.2) is 12.1 Å². The highest BCUT2D eigenvalue weighted by Crippen LogP contribution is 2.28. The van der Waals surface area contributed by atoms with Crippen LogP contribution in [-0.4, -0.2) is 12.0 Å². The van der Waals surface area contributed by atoms with Crippen LogP contribution in [0.3, 0.4) is 0 Å². The van der Waals surface area contributed by atoms with E-state index < -0.39 is 10.7 Å². The number of ether oxygens (including phenoxy) is 1. The van der Waals surface area contributed by atoms with Gasteiger partial charge >= 0.3 is 0 Å². The fraction of sp³-hybridized carbons (Fsp3) is 0.250. The Morgan fingerprint density at radius 3 is 2.62 bits per heavy atom. The second-order valence-electron chi connectivity index (χ2n) is 2.51. The van der Waals surface area contributed by atoms with E-state index in [1.165, 1.54) is 14.0 Å². The maximum absolute atomic E-state index is 12.8. The molecule has 0 bridgehead atoms. The van der Waals surface area contributed by atoms with Crippen LogP contribution in [0.5, 0.6) is 5.75 Å². The molecule has 0 unspecified atom stereocenters. The lowest BCUT2D eigenvalue weighted by Crippen LogP contribution is -1.96. The van der Waals surface area contributed by atoms with Crippen LogP contribution in [0.1, 0.15) is 5.56 Å². The minimum atomic E-state index is -0.672. The maximum Gasteiger partial charge on any atom is 0.278 e. The number of nitro benzene ring substituents is 1. The van der Waals surface area contributed by atoms with Crippen molar-refractivity contribution in [2.45, 2.75) is 6.92 Å². The Bertz CT molecular complexity index is 351. The largest absolute Gasteiger partial charge is 0.496 e. The molecular weight excluding hydrogens is 177 g/mol. The smallest absolute Gasteiger partial charge is 0.278 e. The molecule has 4 nitrogen and oxygen atoms in total. The second-order valence-corrected chi connectivity index (χ2v) is 2.51. The van der Waals surface area contributed by atoms with Gasteiger partial charge in [-0.2, -0.15) is 0 Å². The molecule has 0 amide bonds. The average Bonchev–Trinajstić information content (AvgIpc) is 2.08. The summed E-state index contributed by atoms with van der Waals surface area (Å²) in [6.07, 6.45) is 0. The molecular formula is C8H8FNO3. The first-order valence-electron chi connectivity index (χ1n) is 3.54. The molecule has 5 heteroatoms. The zero-order chi connectivity index (χ0) is 10.0. The molecule has 0 heterocycles. The van der Waals surface area contributed by atoms with Crippen molar-refractivity contribution in [2.75, 3.05) is 7.11 Å². The molecule has 1 rings (SSSR count). The third-order valence-corrected chi connectivity index (χ3v) is 1.71. The molecule has 0 atom stereocenters. The monoisotopic (exact) mass is 185 g/mol. The lowest BCUT2D eigenvalue weighted by molar-refractivity contribution is -0.385. The van der Waals surface area contributed by atoms with Gasteiger partial charge < -0.3 is 4.74 Å². The van der Waals surface area contributed by atoms with E-state index in [1.807, 2.05) is 0 Å². The summed E-state index contributed by atoms with van der Waals surface area (Å²) in [5.41, 5.74) is 0.0609. The van der Waals surface area contributed by atoms with Gasteiger partial charge in [0.1, 0.15) is 11.6 Å². The molecule has 0 radical (unpaired) electrons. The van der Waals surface area contributed by atoms with Crippen LogP contribution in [0.25, 0.3) is 0 Å². The van der Waals surface area contributed by atoms with Gasteiger partial charge in [-0.1, -0.05) is 0 Å². The van der Waals surface area contributed by atoms with Gasteiger partial charge in [-0.25, -0.2) is 4.39 Å². The van der Waals surface area contributed by atoms with E-state index in [-0.39, 0.29) is 11.4 Å². The van der Waals surface area contributed by atoms with Crippen LogP contribution in [-0.2, 0) is 0 Å². The zero-order valence-electron chi connectivity index (χ0n) is 7.20. The van der Waals surface area contributed by atoms with Gasteiger partial charge in [0.15, 0.2) is 0 Å². The molecule has 70 valence electrons. The van der Waals surface area contributed by atoms with E-state index in [2.05, 4.69) is 0 Å². The second kappa shape index (κ2) is 3.38. The maximum atomic E-state index is 12.8. The molecule has 0 aliphatic carbocycles. The first kappa shape index (κ1) is 9.44. The van der Waals surface area contributed by atoms with E-state index in [1.54, 1.807) is 0 Å². The van der Waals surface area contributed by atoms with Crippen molar-refractivity contribution in [3.63, 3.8) is 0 Å². The number of rotatable bonds is 2. The van der Waals surface area contributed by atoms with Crippen molar-refractivity contribution in [3.05, 3.63) is 33.6 Å². The number of nitro groups is 1. The van der Waals surface area contributed by atoms with Gasteiger partial charge in [0.25, 0.3) is 5.69 Å². The van der Waals surface area contributed by atoms with Crippen molar-refractivity contribution >= 4 is 5.69 Å². The summed E-state index contributed by atoms with van der Waals surface area (Å²) in [7, 11) is 1.34. The summed E-state index contributed by atoms with van der Waals surface area (Å²) < 4.78 is 17.5. The average molecular weight is 185 g/mol. The van der Waals surface area contributed by atoms with E-state index in [9.17, 15) is 14.5 Å². The fourth-order valence-electron chi connectivity index (χ4n) is 1.04. The van der Waals surface area contributed by atoms with Crippen LogP contribution < -0.4 is 4.74 Å².